The molecule has 1 saturated carbocycles. The van der Waals surface area contributed by atoms with Crippen molar-refractivity contribution in [1.82, 2.24) is 4.72 Å². The fraction of sp³-hybridized carbons (Fsp3) is 0.647. The quantitative estimate of drug-likeness (QED) is 0.701. The summed E-state index contributed by atoms with van der Waals surface area (Å²) in [5.74, 6) is 0.732. The van der Waals surface area contributed by atoms with Gasteiger partial charge in [-0.05, 0) is 61.3 Å². The first-order valence-corrected chi connectivity index (χ1v) is 9.81. The highest BCUT2D eigenvalue weighted by Gasteiger charge is 2.27. The topological polar surface area (TPSA) is 55.4 Å². The van der Waals surface area contributed by atoms with E-state index in [1.54, 1.807) is 6.07 Å². The van der Waals surface area contributed by atoms with Gasteiger partial charge in [0.1, 0.15) is 6.61 Å². The maximum atomic E-state index is 14.1. The number of benzene rings is 1. The summed E-state index contributed by atoms with van der Waals surface area (Å²) in [6.45, 7) is 6.39. The molecule has 0 spiro atoms. The molecule has 0 heterocycles. The Hall–Kier alpha value is -1.14. The van der Waals surface area contributed by atoms with E-state index in [0.717, 1.165) is 30.4 Å². The number of sulfonamides is 1. The molecule has 2 rings (SSSR count). The highest BCUT2D eigenvalue weighted by molar-refractivity contribution is 7.89. The number of hydrogen-bond donors (Lipinski definition) is 1. The van der Waals surface area contributed by atoms with Gasteiger partial charge in [-0.2, -0.15) is 0 Å². The minimum absolute atomic E-state index is 0.115. The molecular weight excluding hydrogens is 317 g/mol. The van der Waals surface area contributed by atoms with Crippen LogP contribution in [0.15, 0.2) is 12.1 Å². The highest BCUT2D eigenvalue weighted by atomic mass is 32.2. The van der Waals surface area contributed by atoms with Crippen LogP contribution in [-0.4, -0.2) is 27.3 Å². The van der Waals surface area contributed by atoms with E-state index in [2.05, 4.69) is 18.6 Å². The molecule has 1 aromatic carbocycles. The minimum Gasteiger partial charge on any atom is -0.489 e. The number of ether oxygens (including phenoxy) is 1. The molecule has 6 heteroatoms. The van der Waals surface area contributed by atoms with Gasteiger partial charge >= 0.3 is 0 Å². The summed E-state index contributed by atoms with van der Waals surface area (Å²) < 4.78 is 45.4. The SMILES string of the molecule is Cc1cc(OCCNS(=O)(=O)CC2CC2)c(F)cc1CC(C)C. The van der Waals surface area contributed by atoms with E-state index in [0.29, 0.717) is 11.8 Å². The van der Waals surface area contributed by atoms with Gasteiger partial charge < -0.3 is 4.74 Å². The molecule has 0 atom stereocenters. The summed E-state index contributed by atoms with van der Waals surface area (Å²) in [5.41, 5.74) is 1.97. The molecular formula is C17H26FNO3S. The van der Waals surface area contributed by atoms with Crippen LogP contribution < -0.4 is 9.46 Å². The van der Waals surface area contributed by atoms with Crippen molar-refractivity contribution in [3.05, 3.63) is 29.1 Å². The van der Waals surface area contributed by atoms with Crippen LogP contribution in [-0.2, 0) is 16.4 Å². The van der Waals surface area contributed by atoms with Crippen LogP contribution in [0.2, 0.25) is 0 Å². The van der Waals surface area contributed by atoms with Gasteiger partial charge in [0.25, 0.3) is 0 Å². The van der Waals surface area contributed by atoms with Crippen LogP contribution in [0.1, 0.15) is 37.8 Å². The zero-order valence-corrected chi connectivity index (χ0v) is 14.9. The highest BCUT2D eigenvalue weighted by Crippen LogP contribution is 2.29. The van der Waals surface area contributed by atoms with Gasteiger partial charge in [-0.15, -0.1) is 0 Å². The Bertz CT molecular complexity index is 639. The van der Waals surface area contributed by atoms with Gasteiger partial charge in [0.05, 0.1) is 5.75 Å². The molecule has 1 fully saturated rings. The lowest BCUT2D eigenvalue weighted by atomic mass is 9.98. The van der Waals surface area contributed by atoms with Gasteiger partial charge in [-0.3, -0.25) is 0 Å². The third-order valence-corrected chi connectivity index (χ3v) is 5.41. The van der Waals surface area contributed by atoms with Crippen LogP contribution in [0.5, 0.6) is 5.75 Å². The molecule has 0 aromatic heterocycles. The third kappa shape index (κ3) is 6.11. The fourth-order valence-corrected chi connectivity index (χ4v) is 3.94. The van der Waals surface area contributed by atoms with E-state index in [9.17, 15) is 12.8 Å². The van der Waals surface area contributed by atoms with Crippen molar-refractivity contribution in [2.75, 3.05) is 18.9 Å². The molecule has 1 aliphatic carbocycles. The lowest BCUT2D eigenvalue weighted by Crippen LogP contribution is -2.31. The van der Waals surface area contributed by atoms with E-state index >= 15 is 0 Å². The van der Waals surface area contributed by atoms with Crippen molar-refractivity contribution >= 4 is 10.0 Å². The zero-order chi connectivity index (χ0) is 17.0. The van der Waals surface area contributed by atoms with Crippen LogP contribution in [0, 0.1) is 24.6 Å². The average molecular weight is 343 g/mol. The molecule has 1 aliphatic rings. The molecule has 1 aromatic rings. The van der Waals surface area contributed by atoms with Crippen LogP contribution in [0.3, 0.4) is 0 Å². The molecule has 1 N–H and O–H groups in total. The molecule has 23 heavy (non-hydrogen) atoms. The van der Waals surface area contributed by atoms with E-state index in [1.165, 1.54) is 6.07 Å². The maximum absolute atomic E-state index is 14.1. The van der Waals surface area contributed by atoms with Crippen molar-refractivity contribution in [3.63, 3.8) is 0 Å². The van der Waals surface area contributed by atoms with Gasteiger partial charge in [-0.1, -0.05) is 13.8 Å². The van der Waals surface area contributed by atoms with Crippen LogP contribution >= 0.6 is 0 Å². The number of aryl methyl sites for hydroxylation is 1. The summed E-state index contributed by atoms with van der Waals surface area (Å²) in [5, 5.41) is 0. The fourth-order valence-electron chi connectivity index (χ4n) is 2.48. The molecule has 0 saturated heterocycles. The smallest absolute Gasteiger partial charge is 0.211 e. The lowest BCUT2D eigenvalue weighted by Gasteiger charge is -2.13. The summed E-state index contributed by atoms with van der Waals surface area (Å²) in [4.78, 5) is 0. The largest absolute Gasteiger partial charge is 0.489 e. The average Bonchev–Trinajstić information content (AvgIpc) is 3.22. The molecule has 0 bridgehead atoms. The van der Waals surface area contributed by atoms with Crippen molar-refractivity contribution < 1.29 is 17.5 Å². The standard InChI is InChI=1S/C17H26FNO3S/c1-12(2)8-15-10-16(18)17(9-13(15)3)22-7-6-19-23(20,21)11-14-4-5-14/h9-10,12,14,19H,4-8,11H2,1-3H3. The van der Waals surface area contributed by atoms with Crippen molar-refractivity contribution in [3.8, 4) is 5.75 Å². The van der Waals surface area contributed by atoms with E-state index in [-0.39, 0.29) is 24.7 Å². The van der Waals surface area contributed by atoms with E-state index in [1.807, 2.05) is 6.92 Å². The second kappa shape index (κ2) is 7.62. The number of nitrogens with one attached hydrogen (secondary N) is 1. The monoisotopic (exact) mass is 343 g/mol. The number of halogens is 1. The Morgan fingerprint density at radius 3 is 2.65 bits per heavy atom. The third-order valence-electron chi connectivity index (χ3n) is 3.85. The predicted octanol–water partition coefficient (Wildman–Crippen LogP) is 3.04. The second-order valence-electron chi connectivity index (χ2n) is 6.77. The summed E-state index contributed by atoms with van der Waals surface area (Å²) in [7, 11) is -3.24. The Morgan fingerprint density at radius 2 is 2.04 bits per heavy atom. The molecule has 0 aliphatic heterocycles. The first kappa shape index (κ1) is 18.2. The molecule has 4 nitrogen and oxygen atoms in total. The van der Waals surface area contributed by atoms with Gasteiger partial charge in [0.2, 0.25) is 10.0 Å². The van der Waals surface area contributed by atoms with Gasteiger partial charge in [-0.25, -0.2) is 17.5 Å². The van der Waals surface area contributed by atoms with Crippen LogP contribution in [0.25, 0.3) is 0 Å². The minimum atomic E-state index is -3.24. The summed E-state index contributed by atoms with van der Waals surface area (Å²) in [6, 6.07) is 3.20. The van der Waals surface area contributed by atoms with Crippen LogP contribution in [0.4, 0.5) is 4.39 Å². The van der Waals surface area contributed by atoms with Crippen molar-refractivity contribution in [2.45, 2.75) is 40.0 Å². The molecule has 130 valence electrons. The van der Waals surface area contributed by atoms with E-state index < -0.39 is 15.8 Å². The first-order chi connectivity index (χ1) is 10.8. The first-order valence-electron chi connectivity index (χ1n) is 8.16. The van der Waals surface area contributed by atoms with E-state index in [4.69, 9.17) is 4.74 Å². The summed E-state index contributed by atoms with van der Waals surface area (Å²) >= 11 is 0. The molecule has 0 radical (unpaired) electrons. The van der Waals surface area contributed by atoms with Crippen molar-refractivity contribution in [2.24, 2.45) is 11.8 Å². The van der Waals surface area contributed by atoms with Gasteiger partial charge in [0.15, 0.2) is 11.6 Å². The molecule has 0 unspecified atom stereocenters. The Kier molecular flexibility index (Phi) is 6.03. The Balaban J connectivity index is 1.84. The lowest BCUT2D eigenvalue weighted by molar-refractivity contribution is 0.306. The zero-order valence-electron chi connectivity index (χ0n) is 14.1. The Labute approximate surface area is 138 Å². The van der Waals surface area contributed by atoms with Gasteiger partial charge in [0, 0.05) is 6.54 Å². The summed E-state index contributed by atoms with van der Waals surface area (Å²) in [6.07, 6.45) is 2.80. The predicted molar refractivity (Wildman–Crippen MR) is 89.7 cm³/mol. The number of rotatable bonds is 9. The maximum Gasteiger partial charge on any atom is 0.211 e. The Morgan fingerprint density at radius 1 is 1.35 bits per heavy atom. The molecule has 0 amide bonds. The number of hydrogen-bond acceptors (Lipinski definition) is 3. The second-order valence-corrected chi connectivity index (χ2v) is 8.63. The normalized spacial score (nSPS) is 15.2. The van der Waals surface area contributed by atoms with Crippen molar-refractivity contribution in [1.29, 1.82) is 0 Å².